The molecule has 0 bridgehead atoms. The molecule has 0 spiro atoms. The van der Waals surface area contributed by atoms with E-state index in [2.05, 4.69) is 18.8 Å². The summed E-state index contributed by atoms with van der Waals surface area (Å²) in [4.78, 5) is 17.0. The van der Waals surface area contributed by atoms with E-state index in [1.807, 2.05) is 17.0 Å². The third kappa shape index (κ3) is 2.46. The number of carbonyl (C=O) groups is 1. The molecular formula is C13H20N2O. The highest BCUT2D eigenvalue weighted by molar-refractivity contribution is 5.92. The van der Waals surface area contributed by atoms with Crippen molar-refractivity contribution in [1.82, 2.24) is 9.88 Å². The summed E-state index contributed by atoms with van der Waals surface area (Å²) in [5.41, 5.74) is 0.713. The zero-order chi connectivity index (χ0) is 11.5. The molecule has 1 aliphatic heterocycles. The van der Waals surface area contributed by atoms with Gasteiger partial charge in [-0.25, -0.2) is 0 Å². The van der Waals surface area contributed by atoms with Crippen molar-refractivity contribution in [2.24, 2.45) is 11.8 Å². The Labute approximate surface area is 96.8 Å². The van der Waals surface area contributed by atoms with Crippen molar-refractivity contribution in [3.63, 3.8) is 0 Å². The number of nitrogens with zero attached hydrogens (tertiary/aromatic N) is 1. The second-order valence-electron chi connectivity index (χ2n) is 5.12. The van der Waals surface area contributed by atoms with Gasteiger partial charge in [-0.1, -0.05) is 13.8 Å². The zero-order valence-electron chi connectivity index (χ0n) is 10.1. The van der Waals surface area contributed by atoms with Gasteiger partial charge in [0.05, 0.1) is 0 Å². The van der Waals surface area contributed by atoms with Crippen LogP contribution in [0.5, 0.6) is 0 Å². The molecule has 16 heavy (non-hydrogen) atoms. The molecule has 1 saturated heterocycles. The number of hydrogen-bond acceptors (Lipinski definition) is 1. The Morgan fingerprint density at radius 1 is 1.62 bits per heavy atom. The van der Waals surface area contributed by atoms with Crippen LogP contribution in [0, 0.1) is 11.8 Å². The number of amides is 1. The largest absolute Gasteiger partial charge is 0.357 e. The van der Waals surface area contributed by atoms with Gasteiger partial charge in [0.25, 0.3) is 5.91 Å². The molecule has 2 rings (SSSR count). The fourth-order valence-corrected chi connectivity index (χ4v) is 2.51. The fourth-order valence-electron chi connectivity index (χ4n) is 2.51. The summed E-state index contributed by atoms with van der Waals surface area (Å²) >= 11 is 0. The molecule has 1 amide bonds. The Hall–Kier alpha value is -1.25. The molecule has 0 aromatic carbocycles. The Morgan fingerprint density at radius 3 is 3.06 bits per heavy atom. The number of H-pyrrole nitrogens is 1. The van der Waals surface area contributed by atoms with Crippen LogP contribution in [0.2, 0.25) is 0 Å². The number of rotatable bonds is 3. The molecule has 1 aromatic heterocycles. The quantitative estimate of drug-likeness (QED) is 0.834. The lowest BCUT2D eigenvalue weighted by Crippen LogP contribution is -2.29. The Kier molecular flexibility index (Phi) is 3.32. The minimum absolute atomic E-state index is 0.149. The first kappa shape index (κ1) is 11.2. The molecule has 1 fully saturated rings. The van der Waals surface area contributed by atoms with E-state index in [0.717, 1.165) is 25.4 Å². The van der Waals surface area contributed by atoms with Crippen molar-refractivity contribution in [1.29, 1.82) is 0 Å². The maximum Gasteiger partial charge on any atom is 0.270 e. The van der Waals surface area contributed by atoms with Crippen LogP contribution in [0.15, 0.2) is 18.3 Å². The highest BCUT2D eigenvalue weighted by Gasteiger charge is 2.27. The van der Waals surface area contributed by atoms with Crippen molar-refractivity contribution in [2.75, 3.05) is 13.1 Å². The van der Waals surface area contributed by atoms with E-state index in [-0.39, 0.29) is 5.91 Å². The first-order chi connectivity index (χ1) is 7.66. The molecule has 1 N–H and O–H groups in total. The SMILES string of the molecule is CC(C)CC1CCN(C(=O)c2ccc[nH]2)C1. The lowest BCUT2D eigenvalue weighted by atomic mass is 9.97. The smallest absolute Gasteiger partial charge is 0.270 e. The van der Waals surface area contributed by atoms with Crippen LogP contribution in [0.25, 0.3) is 0 Å². The highest BCUT2D eigenvalue weighted by Crippen LogP contribution is 2.24. The maximum absolute atomic E-state index is 12.0. The van der Waals surface area contributed by atoms with Gasteiger partial charge in [-0.15, -0.1) is 0 Å². The van der Waals surface area contributed by atoms with E-state index in [0.29, 0.717) is 11.6 Å². The standard InChI is InChI=1S/C13H20N2O/c1-10(2)8-11-5-7-15(9-11)13(16)12-4-3-6-14-12/h3-4,6,10-11,14H,5,7-9H2,1-2H3. The summed E-state index contributed by atoms with van der Waals surface area (Å²) in [7, 11) is 0. The molecule has 1 aromatic rings. The molecule has 3 heteroatoms. The molecule has 3 nitrogen and oxygen atoms in total. The van der Waals surface area contributed by atoms with Gasteiger partial charge in [-0.05, 0) is 36.8 Å². The number of likely N-dealkylation sites (tertiary alicyclic amines) is 1. The molecule has 1 unspecified atom stereocenters. The van der Waals surface area contributed by atoms with Gasteiger partial charge in [0.15, 0.2) is 0 Å². The van der Waals surface area contributed by atoms with E-state index < -0.39 is 0 Å². The van der Waals surface area contributed by atoms with Crippen molar-refractivity contribution in [3.8, 4) is 0 Å². The Bertz CT molecular complexity index is 343. The van der Waals surface area contributed by atoms with E-state index >= 15 is 0 Å². The second-order valence-corrected chi connectivity index (χ2v) is 5.12. The molecule has 88 valence electrons. The van der Waals surface area contributed by atoms with Crippen molar-refractivity contribution >= 4 is 5.91 Å². The minimum atomic E-state index is 0.149. The van der Waals surface area contributed by atoms with Crippen LogP contribution in [-0.4, -0.2) is 28.9 Å². The fraction of sp³-hybridized carbons (Fsp3) is 0.615. The van der Waals surface area contributed by atoms with E-state index in [9.17, 15) is 4.79 Å². The first-order valence-corrected chi connectivity index (χ1v) is 6.09. The van der Waals surface area contributed by atoms with Crippen LogP contribution in [0.1, 0.15) is 37.2 Å². The maximum atomic E-state index is 12.0. The highest BCUT2D eigenvalue weighted by atomic mass is 16.2. The van der Waals surface area contributed by atoms with E-state index in [4.69, 9.17) is 0 Å². The average Bonchev–Trinajstić information content (AvgIpc) is 2.84. The Balaban J connectivity index is 1.91. The van der Waals surface area contributed by atoms with Crippen molar-refractivity contribution in [3.05, 3.63) is 24.0 Å². The summed E-state index contributed by atoms with van der Waals surface area (Å²) < 4.78 is 0. The number of aromatic amines is 1. The van der Waals surface area contributed by atoms with Gasteiger partial charge in [0.1, 0.15) is 5.69 Å². The summed E-state index contributed by atoms with van der Waals surface area (Å²) in [6, 6.07) is 3.72. The molecule has 0 radical (unpaired) electrons. The zero-order valence-corrected chi connectivity index (χ0v) is 10.1. The normalized spacial score (nSPS) is 20.7. The lowest BCUT2D eigenvalue weighted by Gasteiger charge is -2.16. The number of carbonyl (C=O) groups excluding carboxylic acids is 1. The molecular weight excluding hydrogens is 200 g/mol. The predicted octanol–water partition coefficient (Wildman–Crippen LogP) is 2.52. The van der Waals surface area contributed by atoms with Crippen LogP contribution < -0.4 is 0 Å². The first-order valence-electron chi connectivity index (χ1n) is 6.09. The summed E-state index contributed by atoms with van der Waals surface area (Å²) in [6.45, 7) is 6.33. The van der Waals surface area contributed by atoms with Gasteiger partial charge in [-0.2, -0.15) is 0 Å². The summed E-state index contributed by atoms with van der Waals surface area (Å²) in [5, 5.41) is 0. The molecule has 2 heterocycles. The number of hydrogen-bond donors (Lipinski definition) is 1. The van der Waals surface area contributed by atoms with Crippen molar-refractivity contribution < 1.29 is 4.79 Å². The van der Waals surface area contributed by atoms with Crippen LogP contribution in [-0.2, 0) is 0 Å². The van der Waals surface area contributed by atoms with E-state index in [1.54, 1.807) is 6.20 Å². The van der Waals surface area contributed by atoms with Gasteiger partial charge in [0, 0.05) is 19.3 Å². The molecule has 1 atom stereocenters. The molecule has 1 aliphatic rings. The third-order valence-corrected chi connectivity index (χ3v) is 3.21. The predicted molar refractivity (Wildman–Crippen MR) is 64.3 cm³/mol. The van der Waals surface area contributed by atoms with Gasteiger partial charge in [0.2, 0.25) is 0 Å². The van der Waals surface area contributed by atoms with Crippen LogP contribution >= 0.6 is 0 Å². The van der Waals surface area contributed by atoms with Crippen LogP contribution in [0.4, 0.5) is 0 Å². The van der Waals surface area contributed by atoms with Gasteiger partial charge in [-0.3, -0.25) is 4.79 Å². The Morgan fingerprint density at radius 2 is 2.44 bits per heavy atom. The number of aromatic nitrogens is 1. The lowest BCUT2D eigenvalue weighted by molar-refractivity contribution is 0.0780. The van der Waals surface area contributed by atoms with E-state index in [1.165, 1.54) is 6.42 Å². The van der Waals surface area contributed by atoms with Gasteiger partial charge >= 0.3 is 0 Å². The molecule has 0 saturated carbocycles. The van der Waals surface area contributed by atoms with Crippen molar-refractivity contribution in [2.45, 2.75) is 26.7 Å². The van der Waals surface area contributed by atoms with Gasteiger partial charge < -0.3 is 9.88 Å². The van der Waals surface area contributed by atoms with Crippen LogP contribution in [0.3, 0.4) is 0 Å². The number of nitrogens with one attached hydrogen (secondary N) is 1. The summed E-state index contributed by atoms with van der Waals surface area (Å²) in [6.07, 6.45) is 4.19. The minimum Gasteiger partial charge on any atom is -0.357 e. The molecule has 0 aliphatic carbocycles. The topological polar surface area (TPSA) is 36.1 Å². The summed E-state index contributed by atoms with van der Waals surface area (Å²) in [5.74, 6) is 1.57. The average molecular weight is 220 g/mol. The monoisotopic (exact) mass is 220 g/mol. The second kappa shape index (κ2) is 4.73. The third-order valence-electron chi connectivity index (χ3n) is 3.21.